The van der Waals surface area contributed by atoms with Crippen LogP contribution in [0.5, 0.6) is 0 Å². The van der Waals surface area contributed by atoms with Gasteiger partial charge in [0.25, 0.3) is 0 Å². The van der Waals surface area contributed by atoms with E-state index in [9.17, 15) is 19.5 Å². The van der Waals surface area contributed by atoms with Crippen LogP contribution in [-0.2, 0) is 27.3 Å². The van der Waals surface area contributed by atoms with Gasteiger partial charge in [-0.05, 0) is 16.0 Å². The number of β-lactam (4-membered cyclic amide) rings is 1. The van der Waals surface area contributed by atoms with Crippen molar-refractivity contribution in [3.05, 3.63) is 35.9 Å². The summed E-state index contributed by atoms with van der Waals surface area (Å²) in [5, 5.41) is 24.2. The standard InChI is InChI=1S/C20H20N6O4S2/c1-2-8-26-19(22-23-24-26)32-12-20(18(29)30)10-25-16(28)15(17(25)31-11-20)21-14(27)9-13-6-4-3-5-7-13/h1,3-7,15,17H,8-12H2,(H,21,27)(H,29,30)/t15?,17-,20?/m1/s1. The van der Waals surface area contributed by atoms with Gasteiger partial charge in [-0.2, -0.15) is 0 Å². The molecule has 2 aliphatic heterocycles. The molecular weight excluding hydrogens is 452 g/mol. The molecule has 166 valence electrons. The maximum Gasteiger partial charge on any atom is 0.313 e. The van der Waals surface area contributed by atoms with Crippen molar-refractivity contribution >= 4 is 41.3 Å². The molecule has 3 heterocycles. The molecule has 2 saturated heterocycles. The Labute approximate surface area is 192 Å². The molecule has 2 fully saturated rings. The predicted molar refractivity (Wildman–Crippen MR) is 117 cm³/mol. The van der Waals surface area contributed by atoms with E-state index in [1.807, 2.05) is 30.3 Å². The third-order valence-electron chi connectivity index (χ3n) is 5.34. The molecule has 2 amide bonds. The maximum absolute atomic E-state index is 12.7. The molecule has 1 aromatic heterocycles. The Hall–Kier alpha value is -3.04. The number of nitrogens with one attached hydrogen (secondary N) is 1. The van der Waals surface area contributed by atoms with Gasteiger partial charge in [0, 0.05) is 18.1 Å². The highest BCUT2D eigenvalue weighted by atomic mass is 32.2. The van der Waals surface area contributed by atoms with Crippen LogP contribution in [0.2, 0.25) is 0 Å². The van der Waals surface area contributed by atoms with Crippen LogP contribution in [0.15, 0.2) is 35.5 Å². The van der Waals surface area contributed by atoms with Crippen LogP contribution in [0.1, 0.15) is 5.56 Å². The average molecular weight is 473 g/mol. The molecule has 0 bridgehead atoms. The maximum atomic E-state index is 12.7. The Morgan fingerprint density at radius 2 is 2.16 bits per heavy atom. The fourth-order valence-corrected chi connectivity index (χ4v) is 6.34. The number of hydrogen-bond donors (Lipinski definition) is 2. The first kappa shape index (κ1) is 22.2. The van der Waals surface area contributed by atoms with Crippen molar-refractivity contribution in [3.8, 4) is 12.3 Å². The highest BCUT2D eigenvalue weighted by Crippen LogP contribution is 2.44. The Kier molecular flexibility index (Phi) is 6.38. The van der Waals surface area contributed by atoms with Gasteiger partial charge < -0.3 is 15.3 Å². The van der Waals surface area contributed by atoms with Gasteiger partial charge in [0.15, 0.2) is 0 Å². The highest BCUT2D eigenvalue weighted by molar-refractivity contribution is 8.00. The smallest absolute Gasteiger partial charge is 0.313 e. The Bertz CT molecular complexity index is 1070. The summed E-state index contributed by atoms with van der Waals surface area (Å²) in [5.41, 5.74) is -0.299. The van der Waals surface area contributed by atoms with E-state index in [1.165, 1.54) is 33.1 Å². The number of carboxylic acids is 1. The number of fused-ring (bicyclic) bond motifs is 1. The van der Waals surface area contributed by atoms with Crippen LogP contribution >= 0.6 is 23.5 Å². The molecular formula is C20H20N6O4S2. The molecule has 12 heteroatoms. The lowest BCUT2D eigenvalue weighted by atomic mass is 9.89. The largest absolute Gasteiger partial charge is 0.481 e. The van der Waals surface area contributed by atoms with E-state index in [0.29, 0.717) is 10.9 Å². The van der Waals surface area contributed by atoms with Crippen molar-refractivity contribution in [3.63, 3.8) is 0 Å². The van der Waals surface area contributed by atoms with Gasteiger partial charge in [-0.3, -0.25) is 14.4 Å². The zero-order chi connectivity index (χ0) is 22.7. The number of hydrogen-bond acceptors (Lipinski definition) is 8. The molecule has 2 aliphatic rings. The fraction of sp³-hybridized carbons (Fsp3) is 0.400. The molecule has 0 radical (unpaired) electrons. The van der Waals surface area contributed by atoms with Crippen LogP contribution in [0.4, 0.5) is 0 Å². The number of rotatable bonds is 8. The van der Waals surface area contributed by atoms with E-state index in [-0.39, 0.29) is 42.5 Å². The molecule has 32 heavy (non-hydrogen) atoms. The van der Waals surface area contributed by atoms with Crippen molar-refractivity contribution < 1.29 is 19.5 Å². The number of nitrogens with zero attached hydrogens (tertiary/aromatic N) is 5. The minimum Gasteiger partial charge on any atom is -0.481 e. The van der Waals surface area contributed by atoms with Crippen LogP contribution in [0.3, 0.4) is 0 Å². The van der Waals surface area contributed by atoms with Crippen LogP contribution < -0.4 is 5.32 Å². The molecule has 0 spiro atoms. The average Bonchev–Trinajstić information content (AvgIpc) is 3.24. The summed E-state index contributed by atoms with van der Waals surface area (Å²) >= 11 is 2.56. The van der Waals surface area contributed by atoms with Crippen molar-refractivity contribution in [1.82, 2.24) is 30.4 Å². The molecule has 0 saturated carbocycles. The van der Waals surface area contributed by atoms with Gasteiger partial charge >= 0.3 is 5.97 Å². The van der Waals surface area contributed by atoms with Gasteiger partial charge in [-0.25, -0.2) is 4.68 Å². The first-order valence-corrected chi connectivity index (χ1v) is 11.8. The summed E-state index contributed by atoms with van der Waals surface area (Å²) < 4.78 is 1.42. The van der Waals surface area contributed by atoms with Gasteiger partial charge in [-0.15, -0.1) is 23.3 Å². The first-order chi connectivity index (χ1) is 15.4. The number of carboxylic acid groups (broad SMARTS) is 1. The second kappa shape index (κ2) is 9.22. The lowest BCUT2D eigenvalue weighted by Crippen LogP contribution is -2.74. The van der Waals surface area contributed by atoms with E-state index >= 15 is 0 Å². The lowest BCUT2D eigenvalue weighted by molar-refractivity contribution is -0.157. The normalized spacial score (nSPS) is 24.2. The molecule has 3 atom stereocenters. The summed E-state index contributed by atoms with van der Waals surface area (Å²) in [6.45, 7) is 0.245. The first-order valence-electron chi connectivity index (χ1n) is 9.75. The minimum absolute atomic E-state index is 0.0631. The van der Waals surface area contributed by atoms with E-state index < -0.39 is 17.4 Å². The summed E-state index contributed by atoms with van der Waals surface area (Å²) in [5.74, 6) is 1.43. The van der Waals surface area contributed by atoms with Crippen LogP contribution in [0, 0.1) is 17.8 Å². The number of tetrazole rings is 1. The van der Waals surface area contributed by atoms with Crippen LogP contribution in [0.25, 0.3) is 0 Å². The number of terminal acetylenes is 1. The van der Waals surface area contributed by atoms with Crippen molar-refractivity contribution in [2.45, 2.75) is 29.5 Å². The van der Waals surface area contributed by atoms with E-state index in [4.69, 9.17) is 6.42 Å². The number of aromatic nitrogens is 4. The fourth-order valence-electron chi connectivity index (χ4n) is 3.60. The van der Waals surface area contributed by atoms with Gasteiger partial charge in [0.05, 0.1) is 6.42 Å². The topological polar surface area (TPSA) is 130 Å². The Balaban J connectivity index is 1.37. The second-order valence-corrected chi connectivity index (χ2v) is 9.62. The number of thioether (sulfide) groups is 2. The van der Waals surface area contributed by atoms with Crippen LogP contribution in [-0.4, -0.2) is 77.5 Å². The number of aliphatic carboxylic acids is 1. The predicted octanol–water partition coefficient (Wildman–Crippen LogP) is 0.112. The number of amides is 2. The van der Waals surface area contributed by atoms with Gasteiger partial charge in [-0.1, -0.05) is 48.0 Å². The molecule has 4 rings (SSSR count). The molecule has 2 N–H and O–H groups in total. The molecule has 1 aromatic carbocycles. The number of carbonyl (C=O) groups is 3. The lowest BCUT2D eigenvalue weighted by Gasteiger charge is -2.53. The molecule has 2 unspecified atom stereocenters. The van der Waals surface area contributed by atoms with Gasteiger partial charge in [0.2, 0.25) is 17.0 Å². The summed E-state index contributed by atoms with van der Waals surface area (Å²) in [7, 11) is 0. The monoisotopic (exact) mass is 472 g/mol. The Morgan fingerprint density at radius 3 is 2.88 bits per heavy atom. The zero-order valence-corrected chi connectivity index (χ0v) is 18.5. The Morgan fingerprint density at radius 1 is 1.38 bits per heavy atom. The number of carbonyl (C=O) groups excluding carboxylic acids is 2. The SMILES string of the molecule is C#CCn1nnnc1SCC1(C(=O)O)CS[C@@H]2C(NC(=O)Cc3ccccc3)C(=O)N2C1. The summed E-state index contributed by atoms with van der Waals surface area (Å²) in [4.78, 5) is 38.8. The molecule has 2 aromatic rings. The second-order valence-electron chi connectivity index (χ2n) is 7.57. The molecule has 0 aliphatic carbocycles. The third kappa shape index (κ3) is 4.31. The van der Waals surface area contributed by atoms with E-state index in [2.05, 4.69) is 26.8 Å². The van der Waals surface area contributed by atoms with Crippen molar-refractivity contribution in [2.75, 3.05) is 18.1 Å². The minimum atomic E-state index is -1.16. The summed E-state index contributed by atoms with van der Waals surface area (Å²) in [6, 6.07) is 8.63. The van der Waals surface area contributed by atoms with Crippen molar-refractivity contribution in [1.29, 1.82) is 0 Å². The summed E-state index contributed by atoms with van der Waals surface area (Å²) in [6.07, 6.45) is 5.49. The number of benzene rings is 1. The third-order valence-corrected chi connectivity index (χ3v) is 8.18. The van der Waals surface area contributed by atoms with E-state index in [1.54, 1.807) is 0 Å². The quantitative estimate of drug-likeness (QED) is 0.312. The molecule has 10 nitrogen and oxygen atoms in total. The van der Waals surface area contributed by atoms with Gasteiger partial charge in [0.1, 0.15) is 23.4 Å². The zero-order valence-electron chi connectivity index (χ0n) is 16.9. The highest BCUT2D eigenvalue weighted by Gasteiger charge is 2.57. The van der Waals surface area contributed by atoms with E-state index in [0.717, 1.165) is 5.56 Å². The van der Waals surface area contributed by atoms with Crippen molar-refractivity contribution in [2.24, 2.45) is 5.41 Å².